The number of rotatable bonds is 4. The first-order valence-electron chi connectivity index (χ1n) is 6.18. The van der Waals surface area contributed by atoms with Gasteiger partial charge in [-0.05, 0) is 18.2 Å². The van der Waals surface area contributed by atoms with Crippen molar-refractivity contribution in [3.63, 3.8) is 0 Å². The summed E-state index contributed by atoms with van der Waals surface area (Å²) < 4.78 is 5.21. The van der Waals surface area contributed by atoms with E-state index < -0.39 is 0 Å². The molecule has 0 amide bonds. The summed E-state index contributed by atoms with van der Waals surface area (Å²) in [5.41, 5.74) is 2.99. The topological polar surface area (TPSA) is 48.3 Å². The minimum absolute atomic E-state index is 0.824. The molecule has 20 heavy (non-hydrogen) atoms. The first kappa shape index (κ1) is 12.6. The largest absolute Gasteiger partial charge is 0.497 e. The second kappa shape index (κ2) is 5.71. The molecule has 2 N–H and O–H groups in total. The van der Waals surface area contributed by atoms with Crippen LogP contribution in [0.1, 0.15) is 0 Å². The van der Waals surface area contributed by atoms with Gasteiger partial charge in [0.25, 0.3) is 0 Å². The van der Waals surface area contributed by atoms with Gasteiger partial charge < -0.3 is 10.1 Å². The Kier molecular flexibility index (Phi) is 3.60. The van der Waals surface area contributed by atoms with E-state index in [2.05, 4.69) is 15.3 Å². The van der Waals surface area contributed by atoms with E-state index in [-0.39, 0.29) is 0 Å². The van der Waals surface area contributed by atoms with Gasteiger partial charge in [-0.3, -0.25) is 0 Å². The quantitative estimate of drug-likeness (QED) is 0.799. The van der Waals surface area contributed by atoms with E-state index >= 15 is 0 Å². The van der Waals surface area contributed by atoms with Crippen LogP contribution >= 0.6 is 11.3 Å². The van der Waals surface area contributed by atoms with Crippen LogP contribution in [0.3, 0.4) is 0 Å². The summed E-state index contributed by atoms with van der Waals surface area (Å²) >= 11 is 1.58. The van der Waals surface area contributed by atoms with E-state index in [0.29, 0.717) is 0 Å². The summed E-state index contributed by atoms with van der Waals surface area (Å²) in [5, 5.41) is 6.18. The molecule has 0 saturated heterocycles. The number of aromatic amines is 1. The molecule has 3 aromatic rings. The van der Waals surface area contributed by atoms with Gasteiger partial charge in [0.1, 0.15) is 5.75 Å². The zero-order valence-corrected chi connectivity index (χ0v) is 11.8. The highest BCUT2D eigenvalue weighted by atomic mass is 32.1. The Labute approximate surface area is 121 Å². The SMILES string of the molecule is COc1cccc(Nc2nc(-c3ccc[nH+]c3)cs2)c1. The number of hydrogen-bond donors (Lipinski definition) is 1. The number of hydrogen-bond acceptors (Lipinski definition) is 4. The first-order chi connectivity index (χ1) is 9.85. The summed E-state index contributed by atoms with van der Waals surface area (Å²) in [7, 11) is 1.66. The van der Waals surface area contributed by atoms with Gasteiger partial charge in [-0.1, -0.05) is 6.07 Å². The molecule has 0 aliphatic rings. The number of aromatic nitrogens is 2. The van der Waals surface area contributed by atoms with Crippen molar-refractivity contribution in [1.29, 1.82) is 0 Å². The Morgan fingerprint density at radius 2 is 2.20 bits per heavy atom. The molecule has 0 atom stereocenters. The Balaban J connectivity index is 1.80. The molecule has 2 aromatic heterocycles. The molecule has 100 valence electrons. The lowest BCUT2D eigenvalue weighted by atomic mass is 10.2. The van der Waals surface area contributed by atoms with Crippen LogP contribution in [0.2, 0.25) is 0 Å². The van der Waals surface area contributed by atoms with Gasteiger partial charge in [-0.2, -0.15) is 0 Å². The van der Waals surface area contributed by atoms with E-state index in [0.717, 1.165) is 27.8 Å². The highest BCUT2D eigenvalue weighted by Crippen LogP contribution is 2.27. The van der Waals surface area contributed by atoms with Crippen molar-refractivity contribution in [3.05, 3.63) is 54.2 Å². The normalized spacial score (nSPS) is 10.2. The predicted molar refractivity (Wildman–Crippen MR) is 80.4 cm³/mol. The molecule has 0 spiro atoms. The van der Waals surface area contributed by atoms with E-state index in [9.17, 15) is 0 Å². The molecule has 0 radical (unpaired) electrons. The number of methoxy groups -OCH3 is 1. The lowest BCUT2D eigenvalue weighted by Crippen LogP contribution is -1.98. The number of pyridine rings is 1. The van der Waals surface area contributed by atoms with Gasteiger partial charge in [-0.25, -0.2) is 9.97 Å². The maximum absolute atomic E-state index is 5.21. The fourth-order valence-electron chi connectivity index (χ4n) is 1.84. The number of anilines is 2. The molecule has 0 unspecified atom stereocenters. The maximum atomic E-state index is 5.21. The highest BCUT2D eigenvalue weighted by molar-refractivity contribution is 7.14. The Morgan fingerprint density at radius 3 is 3.00 bits per heavy atom. The number of benzene rings is 1. The van der Waals surface area contributed by atoms with Crippen molar-refractivity contribution in [2.45, 2.75) is 0 Å². The van der Waals surface area contributed by atoms with Crippen LogP contribution < -0.4 is 15.0 Å². The fraction of sp³-hybridized carbons (Fsp3) is 0.0667. The van der Waals surface area contributed by atoms with Gasteiger partial charge in [-0.15, -0.1) is 11.3 Å². The number of nitrogens with one attached hydrogen (secondary N) is 2. The van der Waals surface area contributed by atoms with Crippen LogP contribution in [0.4, 0.5) is 10.8 Å². The third-order valence-electron chi connectivity index (χ3n) is 2.83. The Morgan fingerprint density at radius 1 is 1.25 bits per heavy atom. The summed E-state index contributed by atoms with van der Waals surface area (Å²) in [6.45, 7) is 0. The van der Waals surface area contributed by atoms with Gasteiger partial charge in [0.05, 0.1) is 18.4 Å². The van der Waals surface area contributed by atoms with Crippen molar-refractivity contribution in [2.75, 3.05) is 12.4 Å². The van der Waals surface area contributed by atoms with Gasteiger partial charge >= 0.3 is 0 Å². The number of H-pyrrole nitrogens is 1. The van der Waals surface area contributed by atoms with E-state index in [1.165, 1.54) is 0 Å². The smallest absolute Gasteiger partial charge is 0.187 e. The third kappa shape index (κ3) is 2.78. The molecular weight excluding hydrogens is 270 g/mol. The summed E-state index contributed by atoms with van der Waals surface area (Å²) in [6, 6.07) is 11.8. The lowest BCUT2D eigenvalue weighted by molar-refractivity contribution is -0.377. The van der Waals surface area contributed by atoms with Crippen molar-refractivity contribution < 1.29 is 9.72 Å². The lowest BCUT2D eigenvalue weighted by Gasteiger charge is -2.04. The Bertz CT molecular complexity index is 697. The molecule has 5 heteroatoms. The monoisotopic (exact) mass is 284 g/mol. The third-order valence-corrected chi connectivity index (χ3v) is 3.59. The molecule has 4 nitrogen and oxygen atoms in total. The summed E-state index contributed by atoms with van der Waals surface area (Å²) in [4.78, 5) is 7.64. The van der Waals surface area contributed by atoms with Crippen LogP contribution in [0.5, 0.6) is 5.75 Å². The molecule has 0 aliphatic carbocycles. The second-order valence-corrected chi connectivity index (χ2v) is 5.05. The first-order valence-corrected chi connectivity index (χ1v) is 7.06. The van der Waals surface area contributed by atoms with Crippen molar-refractivity contribution in [2.24, 2.45) is 0 Å². The van der Waals surface area contributed by atoms with Gasteiger partial charge in [0.2, 0.25) is 0 Å². The maximum Gasteiger partial charge on any atom is 0.187 e. The number of nitrogens with zero attached hydrogens (tertiary/aromatic N) is 1. The zero-order chi connectivity index (χ0) is 13.8. The average Bonchev–Trinajstić information content (AvgIpc) is 2.97. The van der Waals surface area contributed by atoms with Crippen molar-refractivity contribution >= 4 is 22.2 Å². The summed E-state index contributed by atoms with van der Waals surface area (Å²) in [6.07, 6.45) is 3.82. The molecular formula is C15H14N3OS+. The highest BCUT2D eigenvalue weighted by Gasteiger charge is 2.06. The van der Waals surface area contributed by atoms with Crippen LogP contribution in [0, 0.1) is 0 Å². The van der Waals surface area contributed by atoms with Crippen LogP contribution in [-0.2, 0) is 0 Å². The standard InChI is InChI=1S/C15H13N3OS/c1-19-13-6-2-5-12(8-13)17-15-18-14(10-20-15)11-4-3-7-16-9-11/h2-10H,1H3,(H,17,18)/p+1. The molecule has 0 aliphatic heterocycles. The molecule has 0 saturated carbocycles. The average molecular weight is 284 g/mol. The van der Waals surface area contributed by atoms with Crippen molar-refractivity contribution in [3.8, 4) is 17.0 Å². The van der Waals surface area contributed by atoms with Gasteiger partial charge in [0.15, 0.2) is 17.5 Å². The molecule has 0 fully saturated rings. The fourth-order valence-corrected chi connectivity index (χ4v) is 2.58. The van der Waals surface area contributed by atoms with E-state index in [4.69, 9.17) is 4.74 Å². The molecule has 1 aromatic carbocycles. The van der Waals surface area contributed by atoms with Crippen LogP contribution in [0.15, 0.2) is 54.2 Å². The minimum atomic E-state index is 0.824. The van der Waals surface area contributed by atoms with Gasteiger partial charge in [0, 0.05) is 23.2 Å². The summed E-state index contributed by atoms with van der Waals surface area (Å²) in [5.74, 6) is 0.824. The zero-order valence-electron chi connectivity index (χ0n) is 11.0. The number of ether oxygens (including phenoxy) is 1. The molecule has 3 rings (SSSR count). The number of thiazole rings is 1. The predicted octanol–water partition coefficient (Wildman–Crippen LogP) is 3.38. The Hall–Kier alpha value is -2.40. The van der Waals surface area contributed by atoms with Crippen LogP contribution in [0.25, 0.3) is 11.3 Å². The van der Waals surface area contributed by atoms with E-state index in [1.807, 2.05) is 54.2 Å². The molecule has 0 bridgehead atoms. The van der Waals surface area contributed by atoms with Crippen molar-refractivity contribution in [1.82, 2.24) is 4.98 Å². The second-order valence-electron chi connectivity index (χ2n) is 4.19. The molecule has 2 heterocycles. The van der Waals surface area contributed by atoms with E-state index in [1.54, 1.807) is 18.4 Å². The van der Waals surface area contributed by atoms with Crippen LogP contribution in [-0.4, -0.2) is 12.1 Å². The minimum Gasteiger partial charge on any atom is -0.497 e.